The zero-order chi connectivity index (χ0) is 16.9. The van der Waals surface area contributed by atoms with E-state index in [0.29, 0.717) is 0 Å². The van der Waals surface area contributed by atoms with Gasteiger partial charge in [0.1, 0.15) is 15.9 Å². The Morgan fingerprint density at radius 1 is 0.952 bits per heavy atom. The summed E-state index contributed by atoms with van der Waals surface area (Å²) in [7, 11) is -5.45. The molecule has 0 radical (unpaired) electrons. The lowest BCUT2D eigenvalue weighted by Gasteiger charge is -2.33. The van der Waals surface area contributed by atoms with Crippen LogP contribution < -0.4 is 0 Å². The lowest BCUT2D eigenvalue weighted by atomic mass is 9.92. The van der Waals surface area contributed by atoms with E-state index >= 15 is 0 Å². The normalized spacial score (nSPS) is 14.3. The maximum Gasteiger partial charge on any atom is 0.430 e. The van der Waals surface area contributed by atoms with E-state index in [4.69, 9.17) is 10.2 Å². The number of halogens is 6. The summed E-state index contributed by atoms with van der Waals surface area (Å²) in [5.74, 6) is -1.37. The Balaban J connectivity index is 3.74. The molecule has 0 atom stereocenters. The van der Waals surface area contributed by atoms with Crippen LogP contribution in [-0.4, -0.2) is 35.5 Å². The molecular formula is C9H5F6O5S-. The second-order valence-electron chi connectivity index (χ2n) is 3.88. The molecule has 0 saturated heterocycles. The van der Waals surface area contributed by atoms with Gasteiger partial charge in [-0.25, -0.2) is 8.42 Å². The fraction of sp³-hybridized carbons (Fsp3) is 0.333. The molecule has 0 spiro atoms. The number of aromatic hydroxyl groups is 1. The van der Waals surface area contributed by atoms with Crippen molar-refractivity contribution in [1.29, 1.82) is 0 Å². The van der Waals surface area contributed by atoms with Crippen LogP contribution in [0.15, 0.2) is 23.1 Å². The molecule has 1 aromatic rings. The van der Waals surface area contributed by atoms with Crippen LogP contribution in [0.4, 0.5) is 26.3 Å². The Kier molecular flexibility index (Phi) is 3.96. The first kappa shape index (κ1) is 17.5. The van der Waals surface area contributed by atoms with Crippen LogP contribution in [0.25, 0.3) is 0 Å². The van der Waals surface area contributed by atoms with Crippen LogP contribution in [0.3, 0.4) is 0 Å². The smallest absolute Gasteiger partial charge is 0.430 e. The van der Waals surface area contributed by atoms with E-state index in [9.17, 15) is 39.3 Å². The quantitative estimate of drug-likeness (QED) is 0.630. The Labute approximate surface area is 113 Å². The summed E-state index contributed by atoms with van der Waals surface area (Å²) in [5, 5.41) is 18.0. The van der Waals surface area contributed by atoms with Crippen molar-refractivity contribution in [2.24, 2.45) is 0 Å². The van der Waals surface area contributed by atoms with Crippen LogP contribution in [0.1, 0.15) is 5.56 Å². The molecule has 0 saturated carbocycles. The van der Waals surface area contributed by atoms with Gasteiger partial charge >= 0.3 is 12.4 Å². The number of aliphatic hydroxyl groups is 1. The molecule has 0 amide bonds. The Bertz CT molecular complexity index is 634. The minimum absolute atomic E-state index is 0.143. The van der Waals surface area contributed by atoms with Crippen molar-refractivity contribution in [2.75, 3.05) is 0 Å². The van der Waals surface area contributed by atoms with Crippen LogP contribution in [0, 0.1) is 0 Å². The van der Waals surface area contributed by atoms with Gasteiger partial charge in [0.15, 0.2) is 0 Å². The highest BCUT2D eigenvalue weighted by Crippen LogP contribution is 2.50. The Morgan fingerprint density at radius 3 is 1.71 bits per heavy atom. The zero-order valence-electron chi connectivity index (χ0n) is 9.53. The van der Waals surface area contributed by atoms with Crippen LogP contribution in [0.5, 0.6) is 5.75 Å². The molecule has 120 valence electrons. The fourth-order valence-corrected chi connectivity index (χ4v) is 1.96. The molecule has 0 aliphatic carbocycles. The van der Waals surface area contributed by atoms with Crippen LogP contribution in [-0.2, 0) is 15.7 Å². The van der Waals surface area contributed by atoms with Gasteiger partial charge < -0.3 is 14.8 Å². The zero-order valence-corrected chi connectivity index (χ0v) is 10.3. The highest BCUT2D eigenvalue weighted by Gasteiger charge is 2.71. The summed E-state index contributed by atoms with van der Waals surface area (Å²) in [6.45, 7) is 0. The van der Waals surface area contributed by atoms with Crippen molar-refractivity contribution in [3.63, 3.8) is 0 Å². The highest BCUT2D eigenvalue weighted by atomic mass is 32.2. The topological polar surface area (TPSA) is 97.7 Å². The number of hydrogen-bond donors (Lipinski definition) is 2. The molecule has 5 nitrogen and oxygen atoms in total. The minimum atomic E-state index is -6.27. The van der Waals surface area contributed by atoms with Crippen molar-refractivity contribution in [1.82, 2.24) is 0 Å². The molecule has 0 aliphatic heterocycles. The van der Waals surface area contributed by atoms with Crippen LogP contribution >= 0.6 is 0 Å². The van der Waals surface area contributed by atoms with Gasteiger partial charge in [0.05, 0.1) is 4.90 Å². The second-order valence-corrected chi connectivity index (χ2v) is 5.26. The van der Waals surface area contributed by atoms with Crippen molar-refractivity contribution >= 4 is 10.1 Å². The Morgan fingerprint density at radius 2 is 1.38 bits per heavy atom. The van der Waals surface area contributed by atoms with Crippen molar-refractivity contribution < 1.29 is 49.5 Å². The first-order valence-electron chi connectivity index (χ1n) is 4.77. The van der Waals surface area contributed by atoms with Crippen molar-refractivity contribution in [2.45, 2.75) is 22.8 Å². The third kappa shape index (κ3) is 3.06. The first-order chi connectivity index (χ1) is 9.10. The molecule has 21 heavy (non-hydrogen) atoms. The van der Waals surface area contributed by atoms with Gasteiger partial charge in [-0.1, -0.05) is 0 Å². The standard InChI is InChI=1S/C9H6F6O5S/c10-8(11,12)7(17,9(13,14)15)4-1-5(16)3-6(2-4)21(18,19)20/h1-3,16-17H,(H,18,19,20)/p-1. The highest BCUT2D eigenvalue weighted by molar-refractivity contribution is 7.85. The molecule has 1 aromatic carbocycles. The van der Waals surface area contributed by atoms with Gasteiger partial charge in [-0.3, -0.25) is 0 Å². The fourth-order valence-electron chi connectivity index (χ4n) is 1.42. The van der Waals surface area contributed by atoms with Crippen LogP contribution in [0.2, 0.25) is 0 Å². The van der Waals surface area contributed by atoms with Crippen molar-refractivity contribution in [3.05, 3.63) is 23.8 Å². The summed E-state index contributed by atoms with van der Waals surface area (Å²) in [6.07, 6.45) is -12.5. The summed E-state index contributed by atoms with van der Waals surface area (Å²) in [4.78, 5) is -1.55. The van der Waals surface area contributed by atoms with Crippen molar-refractivity contribution in [3.8, 4) is 5.75 Å². The SMILES string of the molecule is O=S(=O)([O-])c1cc(O)cc(C(O)(C(F)(F)F)C(F)(F)F)c1. The predicted molar refractivity (Wildman–Crippen MR) is 52.1 cm³/mol. The maximum absolute atomic E-state index is 12.6. The van der Waals surface area contributed by atoms with E-state index in [1.807, 2.05) is 0 Å². The van der Waals surface area contributed by atoms with E-state index in [-0.39, 0.29) is 18.2 Å². The number of alkyl halides is 6. The minimum Gasteiger partial charge on any atom is -0.744 e. The number of benzene rings is 1. The third-order valence-electron chi connectivity index (χ3n) is 2.42. The molecule has 0 unspecified atom stereocenters. The number of phenolic OH excluding ortho intramolecular Hbond substituents is 1. The molecular weight excluding hydrogens is 334 g/mol. The van der Waals surface area contributed by atoms with E-state index in [2.05, 4.69) is 0 Å². The first-order valence-corrected chi connectivity index (χ1v) is 6.18. The predicted octanol–water partition coefficient (Wildman–Crippen LogP) is 1.61. The van der Waals surface area contributed by atoms with Gasteiger partial charge in [-0.2, -0.15) is 26.3 Å². The molecule has 0 bridgehead atoms. The third-order valence-corrected chi connectivity index (χ3v) is 3.23. The van der Waals surface area contributed by atoms with E-state index in [1.54, 1.807) is 0 Å². The summed E-state index contributed by atoms with van der Waals surface area (Å²) >= 11 is 0. The number of rotatable bonds is 2. The Hall–Kier alpha value is -1.53. The second kappa shape index (κ2) is 4.74. The van der Waals surface area contributed by atoms with E-state index < -0.39 is 44.3 Å². The summed E-state index contributed by atoms with van der Waals surface area (Å²) in [5.41, 5.74) is -7.49. The van der Waals surface area contributed by atoms with E-state index in [1.165, 1.54) is 0 Å². The summed E-state index contributed by atoms with van der Waals surface area (Å²) < 4.78 is 107. The monoisotopic (exact) mass is 339 g/mol. The largest absolute Gasteiger partial charge is 0.744 e. The molecule has 0 fully saturated rings. The molecule has 12 heteroatoms. The van der Waals surface area contributed by atoms with Gasteiger partial charge in [-0.15, -0.1) is 0 Å². The van der Waals surface area contributed by atoms with Gasteiger partial charge in [0, 0.05) is 5.56 Å². The maximum atomic E-state index is 12.6. The summed E-state index contributed by atoms with van der Waals surface area (Å²) in [6, 6.07) is -0.294. The molecule has 0 aliphatic rings. The number of phenols is 1. The van der Waals surface area contributed by atoms with Gasteiger partial charge in [-0.05, 0) is 18.2 Å². The molecule has 2 N–H and O–H groups in total. The molecule has 1 rings (SSSR count). The lowest BCUT2D eigenvalue weighted by Crippen LogP contribution is -2.53. The average Bonchev–Trinajstić information content (AvgIpc) is 2.22. The molecule has 0 heterocycles. The van der Waals surface area contributed by atoms with Gasteiger partial charge in [0.25, 0.3) is 5.60 Å². The van der Waals surface area contributed by atoms with E-state index in [0.717, 1.165) is 0 Å². The van der Waals surface area contributed by atoms with Gasteiger partial charge in [0.2, 0.25) is 0 Å². The lowest BCUT2D eigenvalue weighted by molar-refractivity contribution is -0.376. The molecule has 0 aromatic heterocycles. The number of hydrogen-bond acceptors (Lipinski definition) is 5. The average molecular weight is 339 g/mol.